The molecule has 1 fully saturated rings. The lowest BCUT2D eigenvalue weighted by atomic mass is 9.81. The first kappa shape index (κ1) is 9.12. The summed E-state index contributed by atoms with van der Waals surface area (Å²) in [6.07, 6.45) is 11.0. The smallest absolute Gasteiger partial charge is 0.306 e. The van der Waals surface area contributed by atoms with E-state index < -0.39 is 5.97 Å². The third-order valence-electron chi connectivity index (χ3n) is 2.59. The molecule has 1 rings (SSSR count). The van der Waals surface area contributed by atoms with E-state index >= 15 is 0 Å². The zero-order valence-electron chi connectivity index (χ0n) is 7.05. The van der Waals surface area contributed by atoms with Crippen molar-refractivity contribution in [2.45, 2.75) is 32.1 Å². The lowest BCUT2D eigenvalue weighted by Gasteiger charge is -2.24. The highest BCUT2D eigenvalue weighted by Crippen LogP contribution is 2.30. The number of rotatable bonds is 2. The first-order valence-corrected chi connectivity index (χ1v) is 4.36. The van der Waals surface area contributed by atoms with E-state index in [1.165, 1.54) is 0 Å². The quantitative estimate of drug-likeness (QED) is 0.634. The molecule has 65 valence electrons. The van der Waals surface area contributed by atoms with Crippen LogP contribution in [0.5, 0.6) is 0 Å². The fraction of sp³-hybridized carbons (Fsp3) is 0.700. The van der Waals surface area contributed by atoms with Gasteiger partial charge in [0, 0.05) is 6.42 Å². The van der Waals surface area contributed by atoms with Gasteiger partial charge in [-0.25, -0.2) is 0 Å². The molecule has 0 aliphatic heterocycles. The van der Waals surface area contributed by atoms with Gasteiger partial charge in [0.1, 0.15) is 0 Å². The van der Waals surface area contributed by atoms with Crippen LogP contribution in [0.15, 0.2) is 0 Å². The average molecular weight is 165 g/mol. The van der Waals surface area contributed by atoms with Crippen LogP contribution in [0.3, 0.4) is 0 Å². The van der Waals surface area contributed by atoms with Crippen LogP contribution in [0.25, 0.3) is 0 Å². The fourth-order valence-electron chi connectivity index (χ4n) is 1.76. The maximum atomic E-state index is 10.6. The molecular weight excluding hydrogens is 152 g/mol. The monoisotopic (exact) mass is 165 g/mol. The van der Waals surface area contributed by atoms with Crippen LogP contribution >= 0.6 is 0 Å². The summed E-state index contributed by atoms with van der Waals surface area (Å²) in [6, 6.07) is 0. The minimum atomic E-state index is -0.660. The van der Waals surface area contributed by atoms with E-state index in [-0.39, 0.29) is 5.92 Å². The van der Waals surface area contributed by atoms with E-state index in [9.17, 15) is 4.79 Å². The average Bonchev–Trinajstić information content (AvgIpc) is 2.06. The van der Waals surface area contributed by atoms with E-state index in [0.29, 0.717) is 12.3 Å². The highest BCUT2D eigenvalue weighted by atomic mass is 16.4. The topological polar surface area (TPSA) is 37.3 Å². The second-order valence-electron chi connectivity index (χ2n) is 3.44. The summed E-state index contributed by atoms with van der Waals surface area (Å²) in [4.78, 5) is 10.6. The molecule has 1 aliphatic carbocycles. The first-order valence-electron chi connectivity index (χ1n) is 4.36. The molecule has 1 radical (unpaired) electrons. The molecule has 0 aromatic rings. The van der Waals surface area contributed by atoms with Gasteiger partial charge in [0.15, 0.2) is 0 Å². The molecule has 0 unspecified atom stereocenters. The SMILES string of the molecule is [C]#CCC1CCC(C(=O)O)CC1. The molecule has 1 N–H and O–H groups in total. The van der Waals surface area contributed by atoms with Crippen molar-refractivity contribution >= 4 is 5.97 Å². The predicted octanol–water partition coefficient (Wildman–Crippen LogP) is 1.86. The molecule has 2 nitrogen and oxygen atoms in total. The van der Waals surface area contributed by atoms with Gasteiger partial charge < -0.3 is 5.11 Å². The van der Waals surface area contributed by atoms with E-state index in [1.807, 2.05) is 0 Å². The van der Waals surface area contributed by atoms with Crippen molar-refractivity contribution in [2.24, 2.45) is 11.8 Å². The molecule has 0 heterocycles. The number of hydrogen-bond donors (Lipinski definition) is 1. The maximum absolute atomic E-state index is 10.6. The summed E-state index contributed by atoms with van der Waals surface area (Å²) in [5.41, 5.74) is 0. The Labute approximate surface area is 73.0 Å². The molecule has 0 spiro atoms. The number of carboxylic acid groups (broad SMARTS) is 1. The van der Waals surface area contributed by atoms with Crippen LogP contribution in [-0.4, -0.2) is 11.1 Å². The second-order valence-corrected chi connectivity index (χ2v) is 3.44. The molecule has 1 saturated carbocycles. The van der Waals surface area contributed by atoms with Gasteiger partial charge in [0.25, 0.3) is 0 Å². The van der Waals surface area contributed by atoms with Gasteiger partial charge in [-0.1, -0.05) is 5.92 Å². The second kappa shape index (κ2) is 4.15. The third kappa shape index (κ3) is 2.27. The van der Waals surface area contributed by atoms with Crippen molar-refractivity contribution in [3.63, 3.8) is 0 Å². The molecule has 0 aromatic carbocycles. The number of carboxylic acids is 1. The normalized spacial score (nSPS) is 29.2. The highest BCUT2D eigenvalue weighted by Gasteiger charge is 2.24. The van der Waals surface area contributed by atoms with Gasteiger partial charge in [0.2, 0.25) is 0 Å². The Morgan fingerprint density at radius 2 is 2.00 bits per heavy atom. The Kier molecular flexibility index (Phi) is 3.16. The minimum absolute atomic E-state index is 0.132. The Hall–Kier alpha value is -0.970. The predicted molar refractivity (Wildman–Crippen MR) is 44.8 cm³/mol. The zero-order valence-corrected chi connectivity index (χ0v) is 7.05. The van der Waals surface area contributed by atoms with Crippen LogP contribution in [0.4, 0.5) is 0 Å². The van der Waals surface area contributed by atoms with Gasteiger partial charge in [-0.2, -0.15) is 0 Å². The Morgan fingerprint density at radius 3 is 2.42 bits per heavy atom. The number of aliphatic carboxylic acids is 1. The summed E-state index contributed by atoms with van der Waals surface area (Å²) in [7, 11) is 0. The molecule has 1 aliphatic rings. The lowest BCUT2D eigenvalue weighted by molar-refractivity contribution is -0.143. The Balaban J connectivity index is 2.30. The molecule has 0 atom stereocenters. The summed E-state index contributed by atoms with van der Waals surface area (Å²) in [5, 5.41) is 8.70. The molecule has 0 aromatic heterocycles. The molecule has 0 bridgehead atoms. The van der Waals surface area contributed by atoms with Crippen molar-refractivity contribution in [2.75, 3.05) is 0 Å². The van der Waals surface area contributed by atoms with Crippen molar-refractivity contribution in [1.29, 1.82) is 0 Å². The summed E-state index contributed by atoms with van der Waals surface area (Å²) in [5.74, 6) is 2.10. The number of hydrogen-bond acceptors (Lipinski definition) is 1. The third-order valence-corrected chi connectivity index (χ3v) is 2.59. The van der Waals surface area contributed by atoms with E-state index in [2.05, 4.69) is 5.92 Å². The maximum Gasteiger partial charge on any atom is 0.306 e. The summed E-state index contributed by atoms with van der Waals surface area (Å²) < 4.78 is 0. The van der Waals surface area contributed by atoms with Gasteiger partial charge in [-0.05, 0) is 38.0 Å². The highest BCUT2D eigenvalue weighted by molar-refractivity contribution is 5.69. The largest absolute Gasteiger partial charge is 0.481 e. The van der Waals surface area contributed by atoms with Crippen LogP contribution < -0.4 is 0 Å². The van der Waals surface area contributed by atoms with Crippen molar-refractivity contribution in [3.8, 4) is 5.92 Å². The number of carbonyl (C=O) groups is 1. The van der Waals surface area contributed by atoms with Crippen LogP contribution in [0.2, 0.25) is 0 Å². The van der Waals surface area contributed by atoms with Crippen LogP contribution in [-0.2, 0) is 4.79 Å². The molecular formula is C10H13O2. The Bertz CT molecular complexity index is 194. The molecule has 12 heavy (non-hydrogen) atoms. The van der Waals surface area contributed by atoms with E-state index in [4.69, 9.17) is 11.5 Å². The molecule has 0 amide bonds. The van der Waals surface area contributed by atoms with Gasteiger partial charge in [0.05, 0.1) is 5.92 Å². The first-order chi connectivity index (χ1) is 5.74. The minimum Gasteiger partial charge on any atom is -0.481 e. The summed E-state index contributed by atoms with van der Waals surface area (Å²) in [6.45, 7) is 0. The van der Waals surface area contributed by atoms with Crippen molar-refractivity contribution in [3.05, 3.63) is 6.42 Å². The zero-order chi connectivity index (χ0) is 8.97. The molecule has 2 heteroatoms. The van der Waals surface area contributed by atoms with Crippen LogP contribution in [0, 0.1) is 24.2 Å². The Morgan fingerprint density at radius 1 is 1.42 bits per heavy atom. The summed E-state index contributed by atoms with van der Waals surface area (Å²) >= 11 is 0. The van der Waals surface area contributed by atoms with Crippen molar-refractivity contribution < 1.29 is 9.90 Å². The van der Waals surface area contributed by atoms with Crippen LogP contribution in [0.1, 0.15) is 32.1 Å². The van der Waals surface area contributed by atoms with Gasteiger partial charge in [-0.3, -0.25) is 4.79 Å². The van der Waals surface area contributed by atoms with E-state index in [0.717, 1.165) is 25.7 Å². The van der Waals surface area contributed by atoms with Gasteiger partial charge in [-0.15, -0.1) is 0 Å². The lowest BCUT2D eigenvalue weighted by Crippen LogP contribution is -2.21. The van der Waals surface area contributed by atoms with E-state index in [1.54, 1.807) is 0 Å². The van der Waals surface area contributed by atoms with Gasteiger partial charge >= 0.3 is 5.97 Å². The van der Waals surface area contributed by atoms with Crippen molar-refractivity contribution in [1.82, 2.24) is 0 Å². The standard InChI is InChI=1S/C10H13O2/c1-2-3-8-4-6-9(7-5-8)10(11)12/h8-9H,3-7H2,(H,11,12). The molecule has 0 saturated heterocycles. The fourth-order valence-corrected chi connectivity index (χ4v) is 1.76.